The van der Waals surface area contributed by atoms with Gasteiger partial charge in [-0.3, -0.25) is 0 Å². The molecule has 0 bridgehead atoms. The van der Waals surface area contributed by atoms with Crippen LogP contribution in [0.1, 0.15) is 20.8 Å². The van der Waals surface area contributed by atoms with E-state index < -0.39 is 17.9 Å². The summed E-state index contributed by atoms with van der Waals surface area (Å²) in [5.74, 6) is -3.25. The molecule has 0 amide bonds. The van der Waals surface area contributed by atoms with Gasteiger partial charge in [0.15, 0.2) is 0 Å². The van der Waals surface area contributed by atoms with Crippen molar-refractivity contribution in [2.75, 3.05) is 0 Å². The van der Waals surface area contributed by atoms with Crippen LogP contribution in [0.15, 0.2) is 0 Å². The van der Waals surface area contributed by atoms with E-state index in [4.69, 9.17) is 29.7 Å². The molecular formula is C6H15IrO9. The molecule has 0 aromatic heterocycles. The van der Waals surface area contributed by atoms with E-state index in [0.717, 1.165) is 20.8 Å². The number of hydrogen-bond acceptors (Lipinski definition) is 6. The largest absolute Gasteiger partial charge is 3.00 e. The van der Waals surface area contributed by atoms with Gasteiger partial charge in [0, 0.05) is 17.9 Å². The van der Waals surface area contributed by atoms with Gasteiger partial charge in [-0.1, -0.05) is 0 Å². The number of carbonyl (C=O) groups excluding carboxylic acids is 3. The summed E-state index contributed by atoms with van der Waals surface area (Å²) in [5, 5.41) is 26.7. The minimum Gasteiger partial charge on any atom is -0.550 e. The SMILES string of the molecule is CC(=O)[O-].CC(=O)[O-].CC(=O)[O-].O.O.O.[Ir+3]. The molecule has 10 heteroatoms. The topological polar surface area (TPSA) is 215 Å². The molecule has 0 heterocycles. The molecule has 0 aromatic carbocycles. The second kappa shape index (κ2) is 37.0. The predicted molar refractivity (Wildman–Crippen MR) is 42.9 cm³/mol. The van der Waals surface area contributed by atoms with Crippen molar-refractivity contribution in [3.05, 3.63) is 0 Å². The summed E-state index contributed by atoms with van der Waals surface area (Å²) < 4.78 is 0. The van der Waals surface area contributed by atoms with Gasteiger partial charge < -0.3 is 46.1 Å². The van der Waals surface area contributed by atoms with Crippen LogP contribution in [0, 0.1) is 0 Å². The molecule has 0 aromatic rings. The molecular weight excluding hydrogens is 408 g/mol. The van der Waals surface area contributed by atoms with Crippen molar-refractivity contribution in [1.29, 1.82) is 0 Å². The number of carboxylic acids is 3. The van der Waals surface area contributed by atoms with E-state index >= 15 is 0 Å². The third-order valence-corrected chi connectivity index (χ3v) is 0. The summed E-state index contributed by atoms with van der Waals surface area (Å²) >= 11 is 0. The third-order valence-electron chi connectivity index (χ3n) is 0. The van der Waals surface area contributed by atoms with Crippen LogP contribution >= 0.6 is 0 Å². The van der Waals surface area contributed by atoms with E-state index in [9.17, 15) is 0 Å². The van der Waals surface area contributed by atoms with E-state index in [2.05, 4.69) is 0 Å². The maximum absolute atomic E-state index is 8.89. The Labute approximate surface area is 105 Å². The molecule has 102 valence electrons. The van der Waals surface area contributed by atoms with Crippen molar-refractivity contribution < 1.29 is 66.2 Å². The summed E-state index contributed by atoms with van der Waals surface area (Å²) in [6.45, 7) is 2.92. The molecule has 0 atom stereocenters. The molecule has 0 saturated heterocycles. The summed E-state index contributed by atoms with van der Waals surface area (Å²) in [6, 6.07) is 0. The minimum absolute atomic E-state index is 0. The van der Waals surface area contributed by atoms with Crippen molar-refractivity contribution in [2.45, 2.75) is 20.8 Å². The minimum atomic E-state index is -1.08. The molecule has 0 fully saturated rings. The van der Waals surface area contributed by atoms with Gasteiger partial charge in [0.25, 0.3) is 0 Å². The average Bonchev–Trinajstić information content (AvgIpc) is 1.54. The predicted octanol–water partition coefficient (Wildman–Crippen LogP) is -6.21. The Hall–Kier alpha value is -1.06. The molecule has 0 aliphatic rings. The van der Waals surface area contributed by atoms with Crippen LogP contribution in [0.25, 0.3) is 0 Å². The van der Waals surface area contributed by atoms with Gasteiger partial charge in [0.1, 0.15) is 0 Å². The summed E-state index contributed by atoms with van der Waals surface area (Å²) in [7, 11) is 0. The van der Waals surface area contributed by atoms with Gasteiger partial charge in [0.05, 0.1) is 0 Å². The number of aliphatic carboxylic acids is 3. The Morgan fingerprint density at radius 1 is 0.625 bits per heavy atom. The third kappa shape index (κ3) is 1640. The summed E-state index contributed by atoms with van der Waals surface area (Å²) in [5.41, 5.74) is 0. The fourth-order valence-electron chi connectivity index (χ4n) is 0. The Balaban J connectivity index is -0.0000000135. The van der Waals surface area contributed by atoms with Gasteiger partial charge in [-0.05, 0) is 20.8 Å². The van der Waals surface area contributed by atoms with E-state index in [1.807, 2.05) is 0 Å². The zero-order valence-electron chi connectivity index (χ0n) is 8.78. The van der Waals surface area contributed by atoms with Gasteiger partial charge >= 0.3 is 20.1 Å². The van der Waals surface area contributed by atoms with Gasteiger partial charge in [-0.15, -0.1) is 0 Å². The second-order valence-electron chi connectivity index (χ2n) is 1.47. The number of carboxylic acid groups (broad SMARTS) is 3. The van der Waals surface area contributed by atoms with Crippen LogP contribution < -0.4 is 15.3 Å². The standard InChI is InChI=1S/3C2H4O2.Ir.3H2O/c3*1-2(3)4;;;;/h3*1H3,(H,3,4);;3*1H2/q;;;+3;;;/p-3. The second-order valence-corrected chi connectivity index (χ2v) is 1.47. The first-order valence-electron chi connectivity index (χ1n) is 2.72. The molecule has 0 rings (SSSR count). The Bertz CT molecular complexity index is 118. The molecule has 0 spiro atoms. The molecule has 0 radical (unpaired) electrons. The zero-order chi connectivity index (χ0) is 10.7. The van der Waals surface area contributed by atoms with Crippen molar-refractivity contribution in [3.63, 3.8) is 0 Å². The van der Waals surface area contributed by atoms with Gasteiger partial charge in [0.2, 0.25) is 0 Å². The number of rotatable bonds is 0. The Morgan fingerprint density at radius 2 is 0.625 bits per heavy atom. The Morgan fingerprint density at radius 3 is 0.625 bits per heavy atom. The summed E-state index contributed by atoms with van der Waals surface area (Å²) in [4.78, 5) is 26.7. The molecule has 0 saturated carbocycles. The first-order chi connectivity index (χ1) is 5.20. The monoisotopic (exact) mass is 424 g/mol. The normalized spacial score (nSPS) is 4.69. The number of carbonyl (C=O) groups is 3. The van der Waals surface area contributed by atoms with Crippen molar-refractivity contribution >= 4 is 17.9 Å². The van der Waals surface area contributed by atoms with Crippen LogP contribution in [-0.2, 0) is 34.5 Å². The van der Waals surface area contributed by atoms with E-state index in [-0.39, 0.29) is 36.5 Å². The quantitative estimate of drug-likeness (QED) is 0.369. The van der Waals surface area contributed by atoms with Crippen LogP contribution in [0.3, 0.4) is 0 Å². The van der Waals surface area contributed by atoms with Crippen LogP contribution in [0.4, 0.5) is 0 Å². The zero-order valence-corrected chi connectivity index (χ0v) is 11.2. The van der Waals surface area contributed by atoms with Crippen molar-refractivity contribution in [3.8, 4) is 0 Å². The maximum Gasteiger partial charge on any atom is 3.00 e. The van der Waals surface area contributed by atoms with Crippen LogP contribution in [-0.4, -0.2) is 34.3 Å². The molecule has 16 heavy (non-hydrogen) atoms. The molecule has 6 N–H and O–H groups in total. The molecule has 0 aliphatic carbocycles. The molecule has 0 aliphatic heterocycles. The van der Waals surface area contributed by atoms with Gasteiger partial charge in [-0.2, -0.15) is 0 Å². The van der Waals surface area contributed by atoms with Crippen LogP contribution in [0.5, 0.6) is 0 Å². The van der Waals surface area contributed by atoms with Crippen LogP contribution in [0.2, 0.25) is 0 Å². The van der Waals surface area contributed by atoms with Crippen molar-refractivity contribution in [2.24, 2.45) is 0 Å². The fraction of sp³-hybridized carbons (Fsp3) is 0.500. The summed E-state index contributed by atoms with van der Waals surface area (Å²) in [6.07, 6.45) is 0. The first kappa shape index (κ1) is 46.1. The maximum atomic E-state index is 8.89. The average molecular weight is 423 g/mol. The smallest absolute Gasteiger partial charge is 0.550 e. The van der Waals surface area contributed by atoms with Gasteiger partial charge in [-0.25, -0.2) is 0 Å². The molecule has 0 unspecified atom stereocenters. The van der Waals surface area contributed by atoms with Crippen molar-refractivity contribution in [1.82, 2.24) is 0 Å². The van der Waals surface area contributed by atoms with E-state index in [1.54, 1.807) is 0 Å². The molecule has 9 nitrogen and oxygen atoms in total. The Kier molecular flexibility index (Phi) is 107. The fourth-order valence-corrected chi connectivity index (χ4v) is 0. The number of hydrogen-bond donors (Lipinski definition) is 0. The van der Waals surface area contributed by atoms with E-state index in [1.165, 1.54) is 0 Å². The first-order valence-corrected chi connectivity index (χ1v) is 2.72. The van der Waals surface area contributed by atoms with E-state index in [0.29, 0.717) is 0 Å².